The van der Waals surface area contributed by atoms with E-state index in [0.29, 0.717) is 13.0 Å². The smallest absolute Gasteiger partial charge is 0.227 e. The minimum absolute atomic E-state index is 0.199. The summed E-state index contributed by atoms with van der Waals surface area (Å²) in [5.74, 6) is 0.199. The molecule has 0 saturated heterocycles. The van der Waals surface area contributed by atoms with E-state index >= 15 is 0 Å². The molecule has 3 aromatic rings. The van der Waals surface area contributed by atoms with Crippen LogP contribution < -0.4 is 0 Å². The summed E-state index contributed by atoms with van der Waals surface area (Å²) in [6.07, 6.45) is 1.43. The van der Waals surface area contributed by atoms with Gasteiger partial charge in [-0.15, -0.1) is 0 Å². The highest BCUT2D eigenvalue weighted by atomic mass is 32.1. The van der Waals surface area contributed by atoms with Gasteiger partial charge in [0.05, 0.1) is 24.4 Å². The van der Waals surface area contributed by atoms with Crippen molar-refractivity contribution < 1.29 is 4.79 Å². The van der Waals surface area contributed by atoms with E-state index in [-0.39, 0.29) is 5.91 Å². The van der Waals surface area contributed by atoms with Crippen LogP contribution in [-0.2, 0) is 24.3 Å². The zero-order chi connectivity index (χ0) is 17.2. The van der Waals surface area contributed by atoms with Crippen LogP contribution in [0, 0.1) is 6.92 Å². The molecule has 0 atom stereocenters. The predicted octanol–water partition coefficient (Wildman–Crippen LogP) is 3.90. The van der Waals surface area contributed by atoms with Gasteiger partial charge in [-0.1, -0.05) is 23.8 Å². The predicted molar refractivity (Wildman–Crippen MR) is 100 cm³/mol. The highest BCUT2D eigenvalue weighted by Gasteiger charge is 2.21. The van der Waals surface area contributed by atoms with Gasteiger partial charge in [0.25, 0.3) is 0 Å². The Morgan fingerprint density at radius 1 is 1.24 bits per heavy atom. The van der Waals surface area contributed by atoms with Crippen LogP contribution in [0.25, 0.3) is 11.3 Å². The molecule has 3 heterocycles. The van der Waals surface area contributed by atoms with Crippen LogP contribution in [0.5, 0.6) is 0 Å². The van der Waals surface area contributed by atoms with Gasteiger partial charge in [0.1, 0.15) is 0 Å². The summed E-state index contributed by atoms with van der Waals surface area (Å²) < 4.78 is 2.07. The van der Waals surface area contributed by atoms with Gasteiger partial charge in [0, 0.05) is 18.7 Å². The van der Waals surface area contributed by atoms with Crippen molar-refractivity contribution in [3.05, 3.63) is 64.0 Å². The Kier molecular flexibility index (Phi) is 4.40. The number of aryl methyl sites for hydroxylation is 2. The molecule has 0 radical (unpaired) electrons. The molecule has 0 bridgehead atoms. The minimum atomic E-state index is 0.199. The number of hydrogen-bond acceptors (Lipinski definition) is 3. The number of fused-ring (bicyclic) bond motifs is 1. The lowest BCUT2D eigenvalue weighted by atomic mass is 10.1. The van der Waals surface area contributed by atoms with Gasteiger partial charge in [-0.25, -0.2) is 0 Å². The lowest BCUT2D eigenvalue weighted by molar-refractivity contribution is -0.131. The average Bonchev–Trinajstić information content (AvgIpc) is 3.20. The fourth-order valence-corrected chi connectivity index (χ4v) is 3.97. The van der Waals surface area contributed by atoms with E-state index in [9.17, 15) is 4.79 Å². The van der Waals surface area contributed by atoms with Crippen molar-refractivity contribution in [3.8, 4) is 11.3 Å². The number of nitrogens with zero attached hydrogens (tertiary/aromatic N) is 3. The SMILES string of the molecule is Cc1cccc(-c2cc3n(n2)CCCN(C(=O)Cc2ccsc2)C3)c1. The number of amides is 1. The Balaban J connectivity index is 1.55. The van der Waals surface area contributed by atoms with Crippen molar-refractivity contribution in [2.45, 2.75) is 32.9 Å². The monoisotopic (exact) mass is 351 g/mol. The molecule has 0 saturated carbocycles. The second-order valence-corrected chi connectivity index (χ2v) is 7.37. The number of hydrogen-bond donors (Lipinski definition) is 0. The highest BCUT2D eigenvalue weighted by molar-refractivity contribution is 7.08. The van der Waals surface area contributed by atoms with Crippen molar-refractivity contribution in [3.63, 3.8) is 0 Å². The molecule has 25 heavy (non-hydrogen) atoms. The van der Waals surface area contributed by atoms with Gasteiger partial charge in [-0.2, -0.15) is 16.4 Å². The van der Waals surface area contributed by atoms with Crippen molar-refractivity contribution in [2.75, 3.05) is 6.54 Å². The van der Waals surface area contributed by atoms with Crippen molar-refractivity contribution in [1.82, 2.24) is 14.7 Å². The third kappa shape index (κ3) is 3.51. The Bertz CT molecular complexity index is 882. The summed E-state index contributed by atoms with van der Waals surface area (Å²) in [5, 5.41) is 8.85. The van der Waals surface area contributed by atoms with Gasteiger partial charge >= 0.3 is 0 Å². The zero-order valence-electron chi connectivity index (χ0n) is 14.3. The van der Waals surface area contributed by atoms with E-state index in [4.69, 9.17) is 5.10 Å². The normalized spacial score (nSPS) is 14.2. The van der Waals surface area contributed by atoms with Crippen LogP contribution in [0.2, 0.25) is 0 Å². The van der Waals surface area contributed by atoms with E-state index < -0.39 is 0 Å². The molecule has 0 unspecified atom stereocenters. The van der Waals surface area contributed by atoms with Gasteiger partial charge in [0.2, 0.25) is 5.91 Å². The topological polar surface area (TPSA) is 38.1 Å². The van der Waals surface area contributed by atoms with E-state index in [1.54, 1.807) is 11.3 Å². The first-order valence-electron chi connectivity index (χ1n) is 8.62. The third-order valence-corrected chi connectivity index (χ3v) is 5.35. The minimum Gasteiger partial charge on any atom is -0.336 e. The third-order valence-electron chi connectivity index (χ3n) is 4.62. The molecule has 0 aliphatic carbocycles. The van der Waals surface area contributed by atoms with Crippen LogP contribution in [-0.4, -0.2) is 27.1 Å². The summed E-state index contributed by atoms with van der Waals surface area (Å²) in [5.41, 5.74) is 5.58. The Hall–Kier alpha value is -2.40. The van der Waals surface area contributed by atoms with E-state index in [1.165, 1.54) is 5.56 Å². The molecule has 0 N–H and O–H groups in total. The molecule has 0 fully saturated rings. The maximum atomic E-state index is 12.7. The maximum Gasteiger partial charge on any atom is 0.227 e. The molecule has 4 nitrogen and oxygen atoms in total. The number of carbonyl (C=O) groups excluding carboxylic acids is 1. The first-order chi connectivity index (χ1) is 12.2. The summed E-state index contributed by atoms with van der Waals surface area (Å²) in [4.78, 5) is 14.6. The van der Waals surface area contributed by atoms with E-state index in [1.807, 2.05) is 16.3 Å². The van der Waals surface area contributed by atoms with Crippen LogP contribution in [0.3, 0.4) is 0 Å². The highest BCUT2D eigenvalue weighted by Crippen LogP contribution is 2.23. The average molecular weight is 351 g/mol. The Labute approximate surface area is 151 Å². The fraction of sp³-hybridized carbons (Fsp3) is 0.300. The number of thiophene rings is 1. The van der Waals surface area contributed by atoms with Crippen LogP contribution in [0.4, 0.5) is 0 Å². The summed E-state index contributed by atoms with van der Waals surface area (Å²) >= 11 is 1.64. The summed E-state index contributed by atoms with van der Waals surface area (Å²) in [6.45, 7) is 4.40. The molecular formula is C20H21N3OS. The second kappa shape index (κ2) is 6.84. The molecule has 1 aliphatic rings. The number of aromatic nitrogens is 2. The maximum absolute atomic E-state index is 12.7. The second-order valence-electron chi connectivity index (χ2n) is 6.59. The molecule has 0 spiro atoms. The first kappa shape index (κ1) is 16.1. The van der Waals surface area contributed by atoms with Crippen LogP contribution in [0.1, 0.15) is 23.2 Å². The molecule has 1 aliphatic heterocycles. The zero-order valence-corrected chi connectivity index (χ0v) is 15.1. The number of rotatable bonds is 3. The van der Waals surface area contributed by atoms with Crippen LogP contribution >= 0.6 is 11.3 Å². The standard InChI is InChI=1S/C20H21N3OS/c1-15-4-2-5-17(10-15)19-12-18-13-22(7-3-8-23(18)21-19)20(24)11-16-6-9-25-14-16/h2,4-6,9-10,12,14H,3,7-8,11,13H2,1H3. The summed E-state index contributed by atoms with van der Waals surface area (Å²) in [6, 6.07) is 12.6. The quantitative estimate of drug-likeness (QED) is 0.718. The Morgan fingerprint density at radius 2 is 2.16 bits per heavy atom. The van der Waals surface area contributed by atoms with Gasteiger partial charge < -0.3 is 4.90 Å². The molecule has 128 valence electrons. The largest absolute Gasteiger partial charge is 0.336 e. The van der Waals surface area contributed by atoms with Gasteiger partial charge in [0.15, 0.2) is 0 Å². The summed E-state index contributed by atoms with van der Waals surface area (Å²) in [7, 11) is 0. The van der Waals surface area contributed by atoms with Crippen molar-refractivity contribution in [2.24, 2.45) is 0 Å². The van der Waals surface area contributed by atoms with E-state index in [0.717, 1.165) is 42.0 Å². The Morgan fingerprint density at radius 3 is 2.96 bits per heavy atom. The number of benzene rings is 1. The lowest BCUT2D eigenvalue weighted by Gasteiger charge is -2.19. The fourth-order valence-electron chi connectivity index (χ4n) is 3.30. The van der Waals surface area contributed by atoms with Gasteiger partial charge in [-0.05, 0) is 47.9 Å². The molecule has 1 amide bonds. The molecule has 4 rings (SSSR count). The molecule has 2 aromatic heterocycles. The first-order valence-corrected chi connectivity index (χ1v) is 9.56. The van der Waals surface area contributed by atoms with Crippen LogP contribution in [0.15, 0.2) is 47.2 Å². The molecule has 1 aromatic carbocycles. The van der Waals surface area contributed by atoms with Gasteiger partial charge in [-0.3, -0.25) is 9.48 Å². The van der Waals surface area contributed by atoms with Crippen molar-refractivity contribution in [1.29, 1.82) is 0 Å². The molecule has 5 heteroatoms. The number of carbonyl (C=O) groups is 1. The van der Waals surface area contributed by atoms with Crippen molar-refractivity contribution >= 4 is 17.2 Å². The molecular weight excluding hydrogens is 330 g/mol. The van der Waals surface area contributed by atoms with E-state index in [2.05, 4.69) is 47.3 Å². The lowest BCUT2D eigenvalue weighted by Crippen LogP contribution is -2.31.